The molecule has 4 aromatic rings. The number of aromatic nitrogens is 6. The molecule has 1 N–H and O–H groups in total. The van der Waals surface area contributed by atoms with E-state index < -0.39 is 0 Å². The Hall–Kier alpha value is -3.78. The fourth-order valence-corrected chi connectivity index (χ4v) is 3.47. The number of tetrazole rings is 1. The number of amides is 1. The summed E-state index contributed by atoms with van der Waals surface area (Å²) in [6.45, 7) is 2.42. The van der Waals surface area contributed by atoms with E-state index >= 15 is 0 Å². The predicted octanol–water partition coefficient (Wildman–Crippen LogP) is 3.74. The topological polar surface area (TPSA) is 90.5 Å². The molecular weight excluding hydrogens is 414 g/mol. The van der Waals surface area contributed by atoms with E-state index in [1.807, 2.05) is 55.5 Å². The summed E-state index contributed by atoms with van der Waals surface area (Å²) in [5, 5.41) is 19.3. The van der Waals surface area contributed by atoms with E-state index in [-0.39, 0.29) is 5.91 Å². The molecule has 9 heteroatoms. The highest BCUT2D eigenvalue weighted by molar-refractivity contribution is 6.31. The normalized spacial score (nSPS) is 11.2. The molecule has 4 rings (SSSR count). The molecule has 0 atom stereocenters. The van der Waals surface area contributed by atoms with Crippen molar-refractivity contribution >= 4 is 29.3 Å². The number of carbonyl (C=O) groups is 1. The molecule has 0 saturated carbocycles. The zero-order valence-electron chi connectivity index (χ0n) is 17.0. The summed E-state index contributed by atoms with van der Waals surface area (Å²) in [7, 11) is 1.76. The monoisotopic (exact) mass is 433 g/mol. The Labute approximate surface area is 184 Å². The molecule has 8 nitrogen and oxygen atoms in total. The lowest BCUT2D eigenvalue weighted by Crippen LogP contribution is -2.08. The van der Waals surface area contributed by atoms with Gasteiger partial charge < -0.3 is 5.32 Å². The third-order valence-corrected chi connectivity index (χ3v) is 5.09. The first-order chi connectivity index (χ1) is 15.0. The summed E-state index contributed by atoms with van der Waals surface area (Å²) < 4.78 is 3.29. The first-order valence-corrected chi connectivity index (χ1v) is 9.98. The van der Waals surface area contributed by atoms with Crippen molar-refractivity contribution in [2.75, 3.05) is 5.32 Å². The van der Waals surface area contributed by atoms with Gasteiger partial charge in [0.2, 0.25) is 5.91 Å². The van der Waals surface area contributed by atoms with Gasteiger partial charge in [-0.05, 0) is 41.1 Å². The van der Waals surface area contributed by atoms with Crippen LogP contribution >= 0.6 is 11.6 Å². The second kappa shape index (κ2) is 8.93. The third-order valence-electron chi connectivity index (χ3n) is 4.69. The molecule has 31 heavy (non-hydrogen) atoms. The lowest BCUT2D eigenvalue weighted by molar-refractivity contribution is -0.111. The van der Waals surface area contributed by atoms with E-state index in [0.717, 1.165) is 16.8 Å². The van der Waals surface area contributed by atoms with Crippen molar-refractivity contribution in [2.45, 2.75) is 13.5 Å². The average molecular weight is 434 g/mol. The lowest BCUT2D eigenvalue weighted by atomic mass is 10.2. The van der Waals surface area contributed by atoms with Crippen molar-refractivity contribution in [2.24, 2.45) is 7.05 Å². The highest BCUT2D eigenvalue weighted by Crippen LogP contribution is 2.23. The van der Waals surface area contributed by atoms with Crippen LogP contribution in [0.4, 0.5) is 5.69 Å². The van der Waals surface area contributed by atoms with Crippen LogP contribution in [0.1, 0.15) is 16.8 Å². The molecule has 0 bridgehead atoms. The van der Waals surface area contributed by atoms with E-state index in [9.17, 15) is 4.79 Å². The van der Waals surface area contributed by atoms with Crippen LogP contribution in [0.3, 0.4) is 0 Å². The fourth-order valence-electron chi connectivity index (χ4n) is 3.17. The van der Waals surface area contributed by atoms with Gasteiger partial charge in [0.05, 0.1) is 12.2 Å². The first-order valence-electron chi connectivity index (χ1n) is 9.60. The molecule has 0 aliphatic heterocycles. The molecular formula is C22H20ClN7O. The highest BCUT2D eigenvalue weighted by Gasteiger charge is 2.12. The van der Waals surface area contributed by atoms with Crippen LogP contribution in [-0.2, 0) is 18.4 Å². The molecule has 0 fully saturated rings. The Kier molecular flexibility index (Phi) is 5.90. The van der Waals surface area contributed by atoms with Gasteiger partial charge in [-0.2, -0.15) is 5.10 Å². The molecule has 0 spiro atoms. The van der Waals surface area contributed by atoms with Crippen molar-refractivity contribution in [3.8, 4) is 11.4 Å². The zero-order chi connectivity index (χ0) is 21.8. The standard InChI is InChI=1S/C22H20ClN7O/c1-15-19(21(23)30(26-15)14-16-7-4-3-5-8-16)11-12-20(31)24-18-10-6-9-17(13-18)22-25-27-28-29(22)2/h3-13H,14H2,1-2H3,(H,24,31)/b12-11+. The average Bonchev–Trinajstić information content (AvgIpc) is 3.30. The second-order valence-corrected chi connectivity index (χ2v) is 7.32. The van der Waals surface area contributed by atoms with Crippen LogP contribution in [0.2, 0.25) is 5.15 Å². The van der Waals surface area contributed by atoms with Crippen molar-refractivity contribution in [3.05, 3.63) is 82.6 Å². The summed E-state index contributed by atoms with van der Waals surface area (Å²) in [5.41, 5.74) is 4.00. The smallest absolute Gasteiger partial charge is 0.248 e. The largest absolute Gasteiger partial charge is 0.322 e. The molecule has 0 aliphatic rings. The van der Waals surface area contributed by atoms with Crippen molar-refractivity contribution < 1.29 is 4.79 Å². The third kappa shape index (κ3) is 4.70. The summed E-state index contributed by atoms with van der Waals surface area (Å²) >= 11 is 6.51. The van der Waals surface area contributed by atoms with Crippen molar-refractivity contribution in [1.29, 1.82) is 0 Å². The van der Waals surface area contributed by atoms with Crippen molar-refractivity contribution in [3.63, 3.8) is 0 Å². The second-order valence-electron chi connectivity index (χ2n) is 6.96. The lowest BCUT2D eigenvalue weighted by Gasteiger charge is -2.05. The van der Waals surface area contributed by atoms with Gasteiger partial charge in [-0.1, -0.05) is 54.1 Å². The SMILES string of the molecule is Cc1nn(Cc2ccccc2)c(Cl)c1/C=C/C(=O)Nc1cccc(-c2nnnn2C)c1. The molecule has 2 aromatic carbocycles. The molecule has 0 aliphatic carbocycles. The first kappa shape index (κ1) is 20.5. The minimum absolute atomic E-state index is 0.278. The molecule has 156 valence electrons. The summed E-state index contributed by atoms with van der Waals surface area (Å²) in [6, 6.07) is 17.3. The molecule has 0 unspecified atom stereocenters. The molecule has 1 amide bonds. The van der Waals surface area contributed by atoms with Gasteiger partial charge in [-0.3, -0.25) is 4.79 Å². The highest BCUT2D eigenvalue weighted by atomic mass is 35.5. The van der Waals surface area contributed by atoms with Crippen LogP contribution in [0.5, 0.6) is 0 Å². The van der Waals surface area contributed by atoms with E-state index in [4.69, 9.17) is 11.6 Å². The van der Waals surface area contributed by atoms with Crippen LogP contribution in [0.25, 0.3) is 17.5 Å². The summed E-state index contributed by atoms with van der Waals surface area (Å²) in [4.78, 5) is 12.5. The number of hydrogen-bond acceptors (Lipinski definition) is 5. The van der Waals surface area contributed by atoms with Gasteiger partial charge in [0.15, 0.2) is 5.82 Å². The number of aryl methyl sites for hydroxylation is 2. The Balaban J connectivity index is 1.47. The van der Waals surface area contributed by atoms with Gasteiger partial charge in [0.25, 0.3) is 0 Å². The maximum absolute atomic E-state index is 12.5. The Bertz CT molecular complexity index is 1240. The van der Waals surface area contributed by atoms with E-state index in [1.54, 1.807) is 28.6 Å². The maximum atomic E-state index is 12.5. The number of carbonyl (C=O) groups excluding carboxylic acids is 1. The summed E-state index contributed by atoms with van der Waals surface area (Å²) in [6.07, 6.45) is 3.12. The minimum Gasteiger partial charge on any atom is -0.322 e. The number of halogens is 1. The minimum atomic E-state index is -0.278. The van der Waals surface area contributed by atoms with Crippen LogP contribution < -0.4 is 5.32 Å². The van der Waals surface area contributed by atoms with Gasteiger partial charge in [0, 0.05) is 29.9 Å². The van der Waals surface area contributed by atoms with Crippen LogP contribution in [-0.4, -0.2) is 35.9 Å². The van der Waals surface area contributed by atoms with E-state index in [0.29, 0.717) is 28.8 Å². The quantitative estimate of drug-likeness (QED) is 0.468. The van der Waals surface area contributed by atoms with E-state index in [1.165, 1.54) is 6.08 Å². The number of benzene rings is 2. The van der Waals surface area contributed by atoms with Crippen LogP contribution in [0, 0.1) is 6.92 Å². The molecule has 0 saturated heterocycles. The fraction of sp³-hybridized carbons (Fsp3) is 0.136. The van der Waals surface area contributed by atoms with Gasteiger partial charge >= 0.3 is 0 Å². The maximum Gasteiger partial charge on any atom is 0.248 e. The van der Waals surface area contributed by atoms with Gasteiger partial charge in [-0.25, -0.2) is 9.36 Å². The number of nitrogens with one attached hydrogen (secondary N) is 1. The van der Waals surface area contributed by atoms with Crippen LogP contribution in [0.15, 0.2) is 60.7 Å². The summed E-state index contributed by atoms with van der Waals surface area (Å²) in [5.74, 6) is 0.333. The Morgan fingerprint density at radius 3 is 2.71 bits per heavy atom. The Morgan fingerprint density at radius 2 is 1.97 bits per heavy atom. The zero-order valence-corrected chi connectivity index (χ0v) is 17.8. The Morgan fingerprint density at radius 1 is 1.16 bits per heavy atom. The number of hydrogen-bond donors (Lipinski definition) is 1. The van der Waals surface area contributed by atoms with Gasteiger partial charge in [0.1, 0.15) is 5.15 Å². The van der Waals surface area contributed by atoms with Crippen molar-refractivity contribution in [1.82, 2.24) is 30.0 Å². The molecule has 2 heterocycles. The van der Waals surface area contributed by atoms with Gasteiger partial charge in [-0.15, -0.1) is 5.10 Å². The predicted molar refractivity (Wildman–Crippen MR) is 119 cm³/mol. The molecule has 0 radical (unpaired) electrons. The van der Waals surface area contributed by atoms with E-state index in [2.05, 4.69) is 25.9 Å². The number of rotatable bonds is 6. The number of nitrogens with zero attached hydrogens (tertiary/aromatic N) is 6. The molecule has 2 aromatic heterocycles. The number of anilines is 1.